The fourth-order valence-electron chi connectivity index (χ4n) is 4.01. The smallest absolute Gasteiger partial charge is 0.251 e. The van der Waals surface area contributed by atoms with E-state index in [0.717, 1.165) is 48.2 Å². The fourth-order valence-corrected chi connectivity index (χ4v) is 4.01. The molecule has 0 bridgehead atoms. The number of likely N-dealkylation sites (N-methyl/N-ethyl adjacent to an activating group) is 1. The Labute approximate surface area is 141 Å². The van der Waals surface area contributed by atoms with Crippen LogP contribution >= 0.6 is 0 Å². The van der Waals surface area contributed by atoms with Crippen molar-refractivity contribution in [3.63, 3.8) is 0 Å². The topological polar surface area (TPSA) is 49.4 Å². The molecule has 0 saturated carbocycles. The van der Waals surface area contributed by atoms with Crippen molar-refractivity contribution in [3.05, 3.63) is 59.2 Å². The van der Waals surface area contributed by atoms with Gasteiger partial charge in [0.1, 0.15) is 6.29 Å². The molecule has 0 aromatic heterocycles. The minimum Gasteiger partial charge on any atom is -0.352 e. The first-order chi connectivity index (χ1) is 11.7. The molecule has 0 aliphatic carbocycles. The summed E-state index contributed by atoms with van der Waals surface area (Å²) in [5, 5.41) is 3.07. The predicted molar refractivity (Wildman–Crippen MR) is 93.3 cm³/mol. The molecule has 1 fully saturated rings. The van der Waals surface area contributed by atoms with Gasteiger partial charge in [-0.15, -0.1) is 0 Å². The SMILES string of the molecule is CN1C[C@H]2CNC(=O)c3cc(-c4cccc(C=O)c4)ccc3[C@@H]2C1. The van der Waals surface area contributed by atoms with Gasteiger partial charge < -0.3 is 10.2 Å². The maximum atomic E-state index is 12.5. The van der Waals surface area contributed by atoms with E-state index in [0.29, 0.717) is 17.4 Å². The second-order valence-electron chi connectivity index (χ2n) is 6.84. The molecule has 0 radical (unpaired) electrons. The Balaban J connectivity index is 1.79. The van der Waals surface area contributed by atoms with Crippen LogP contribution in [0.15, 0.2) is 42.5 Å². The highest BCUT2D eigenvalue weighted by Gasteiger charge is 2.36. The molecule has 0 unspecified atom stereocenters. The van der Waals surface area contributed by atoms with Gasteiger partial charge in [0.05, 0.1) is 0 Å². The van der Waals surface area contributed by atoms with E-state index >= 15 is 0 Å². The predicted octanol–water partition coefficient (Wildman–Crippen LogP) is 2.55. The first-order valence-electron chi connectivity index (χ1n) is 8.32. The molecule has 24 heavy (non-hydrogen) atoms. The zero-order chi connectivity index (χ0) is 16.7. The molecule has 4 rings (SSSR count). The van der Waals surface area contributed by atoms with Crippen LogP contribution in [0.5, 0.6) is 0 Å². The summed E-state index contributed by atoms with van der Waals surface area (Å²) in [7, 11) is 2.13. The third-order valence-electron chi connectivity index (χ3n) is 5.20. The van der Waals surface area contributed by atoms with Gasteiger partial charge in [0.2, 0.25) is 0 Å². The van der Waals surface area contributed by atoms with Gasteiger partial charge >= 0.3 is 0 Å². The quantitative estimate of drug-likeness (QED) is 0.865. The highest BCUT2D eigenvalue weighted by atomic mass is 16.1. The Kier molecular flexibility index (Phi) is 3.69. The number of aldehydes is 1. The van der Waals surface area contributed by atoms with Gasteiger partial charge in [0, 0.05) is 36.7 Å². The average Bonchev–Trinajstić information content (AvgIpc) is 2.94. The Morgan fingerprint density at radius 2 is 1.96 bits per heavy atom. The van der Waals surface area contributed by atoms with Crippen LogP contribution in [0.1, 0.15) is 32.2 Å². The first-order valence-corrected chi connectivity index (χ1v) is 8.32. The molecule has 0 spiro atoms. The van der Waals surface area contributed by atoms with E-state index in [1.807, 2.05) is 24.3 Å². The van der Waals surface area contributed by atoms with Crippen LogP contribution in [-0.2, 0) is 0 Å². The first kappa shape index (κ1) is 15.1. The monoisotopic (exact) mass is 320 g/mol. The van der Waals surface area contributed by atoms with Crippen molar-refractivity contribution >= 4 is 12.2 Å². The van der Waals surface area contributed by atoms with Crippen molar-refractivity contribution in [1.82, 2.24) is 10.2 Å². The highest BCUT2D eigenvalue weighted by molar-refractivity contribution is 5.97. The van der Waals surface area contributed by atoms with Crippen LogP contribution in [0.3, 0.4) is 0 Å². The number of amides is 1. The average molecular weight is 320 g/mol. The number of hydrogen-bond acceptors (Lipinski definition) is 3. The molecule has 2 aromatic rings. The van der Waals surface area contributed by atoms with Crippen molar-refractivity contribution in [2.45, 2.75) is 5.92 Å². The summed E-state index contributed by atoms with van der Waals surface area (Å²) in [6.07, 6.45) is 0.846. The summed E-state index contributed by atoms with van der Waals surface area (Å²) in [5.74, 6) is 0.888. The lowest BCUT2D eigenvalue weighted by molar-refractivity contribution is 0.0951. The van der Waals surface area contributed by atoms with E-state index in [2.05, 4.69) is 29.4 Å². The molecule has 2 atom stereocenters. The third-order valence-corrected chi connectivity index (χ3v) is 5.20. The molecule has 2 aromatic carbocycles. The maximum Gasteiger partial charge on any atom is 0.251 e. The van der Waals surface area contributed by atoms with Gasteiger partial charge in [-0.25, -0.2) is 0 Å². The Morgan fingerprint density at radius 3 is 2.79 bits per heavy atom. The normalized spacial score (nSPS) is 23.1. The second-order valence-corrected chi connectivity index (χ2v) is 6.84. The number of rotatable bonds is 2. The van der Waals surface area contributed by atoms with Gasteiger partial charge in [0.25, 0.3) is 5.91 Å². The summed E-state index contributed by atoms with van der Waals surface area (Å²) in [6, 6.07) is 13.6. The zero-order valence-corrected chi connectivity index (χ0v) is 13.7. The Hall–Kier alpha value is -2.46. The lowest BCUT2D eigenvalue weighted by Crippen LogP contribution is -2.29. The molecule has 4 heteroatoms. The van der Waals surface area contributed by atoms with Crippen LogP contribution in [0, 0.1) is 5.92 Å². The molecule has 122 valence electrons. The van der Waals surface area contributed by atoms with Crippen molar-refractivity contribution < 1.29 is 9.59 Å². The molecule has 4 nitrogen and oxygen atoms in total. The van der Waals surface area contributed by atoms with E-state index < -0.39 is 0 Å². The number of carbonyl (C=O) groups is 2. The summed E-state index contributed by atoms with van der Waals surface area (Å²) in [5.41, 5.74) is 4.49. The molecule has 1 amide bonds. The summed E-state index contributed by atoms with van der Waals surface area (Å²) in [4.78, 5) is 25.9. The number of nitrogens with zero attached hydrogens (tertiary/aromatic N) is 1. The van der Waals surface area contributed by atoms with Crippen molar-refractivity contribution in [3.8, 4) is 11.1 Å². The summed E-state index contributed by atoms with van der Waals surface area (Å²) >= 11 is 0. The Bertz CT molecular complexity index is 815. The summed E-state index contributed by atoms with van der Waals surface area (Å²) < 4.78 is 0. The number of fused-ring (bicyclic) bond motifs is 3. The molecule has 2 aliphatic heterocycles. The van der Waals surface area contributed by atoms with E-state index in [1.54, 1.807) is 6.07 Å². The zero-order valence-electron chi connectivity index (χ0n) is 13.7. The summed E-state index contributed by atoms with van der Waals surface area (Å²) in [6.45, 7) is 2.75. The van der Waals surface area contributed by atoms with Gasteiger partial charge in [-0.2, -0.15) is 0 Å². The maximum absolute atomic E-state index is 12.5. The van der Waals surface area contributed by atoms with Crippen LogP contribution < -0.4 is 5.32 Å². The van der Waals surface area contributed by atoms with Gasteiger partial charge in [-0.05, 0) is 41.8 Å². The number of nitrogens with one attached hydrogen (secondary N) is 1. The van der Waals surface area contributed by atoms with E-state index in [4.69, 9.17) is 0 Å². The number of likely N-dealkylation sites (tertiary alicyclic amines) is 1. The fraction of sp³-hybridized carbons (Fsp3) is 0.300. The molecule has 2 aliphatic rings. The number of hydrogen-bond donors (Lipinski definition) is 1. The standard InChI is InChI=1S/C20H20N2O2/c1-22-10-16-9-21-20(24)18-8-15(5-6-17(18)19(16)11-22)14-4-2-3-13(7-14)12-23/h2-8,12,16,19H,9-11H2,1H3,(H,21,24)/t16-,19-/m1/s1. The minimum absolute atomic E-state index is 0.00967. The van der Waals surface area contributed by atoms with Crippen molar-refractivity contribution in [2.75, 3.05) is 26.7 Å². The van der Waals surface area contributed by atoms with Crippen LogP contribution in [0.25, 0.3) is 11.1 Å². The Morgan fingerprint density at radius 1 is 1.12 bits per heavy atom. The number of benzene rings is 2. The van der Waals surface area contributed by atoms with Crippen LogP contribution in [0.2, 0.25) is 0 Å². The molecular formula is C20H20N2O2. The van der Waals surface area contributed by atoms with Gasteiger partial charge in [0.15, 0.2) is 0 Å². The minimum atomic E-state index is 0.00967. The molecule has 1 saturated heterocycles. The van der Waals surface area contributed by atoms with Crippen molar-refractivity contribution in [1.29, 1.82) is 0 Å². The molecule has 2 heterocycles. The lowest BCUT2D eigenvalue weighted by atomic mass is 9.86. The number of carbonyl (C=O) groups excluding carboxylic acids is 2. The molecular weight excluding hydrogens is 300 g/mol. The van der Waals surface area contributed by atoms with Crippen LogP contribution in [-0.4, -0.2) is 43.8 Å². The van der Waals surface area contributed by atoms with Gasteiger partial charge in [-0.3, -0.25) is 9.59 Å². The van der Waals surface area contributed by atoms with E-state index in [-0.39, 0.29) is 5.91 Å². The van der Waals surface area contributed by atoms with Gasteiger partial charge in [-0.1, -0.05) is 30.3 Å². The highest BCUT2D eigenvalue weighted by Crippen LogP contribution is 2.37. The van der Waals surface area contributed by atoms with Crippen LogP contribution in [0.4, 0.5) is 0 Å². The van der Waals surface area contributed by atoms with E-state index in [1.165, 1.54) is 0 Å². The third kappa shape index (κ3) is 2.53. The van der Waals surface area contributed by atoms with E-state index in [9.17, 15) is 9.59 Å². The van der Waals surface area contributed by atoms with Crippen molar-refractivity contribution in [2.24, 2.45) is 5.92 Å². The molecule has 1 N–H and O–H groups in total. The second kappa shape index (κ2) is 5.87. The lowest BCUT2D eigenvalue weighted by Gasteiger charge is -2.17. The largest absolute Gasteiger partial charge is 0.352 e.